The Morgan fingerprint density at radius 1 is 1.30 bits per heavy atom. The molecule has 0 unspecified atom stereocenters. The van der Waals surface area contributed by atoms with Crippen LogP contribution in [-0.2, 0) is 4.79 Å². The number of para-hydroxylation sites is 1. The summed E-state index contributed by atoms with van der Waals surface area (Å²) in [4.78, 5) is 15.8. The lowest BCUT2D eigenvalue weighted by molar-refractivity contribution is -0.118. The van der Waals surface area contributed by atoms with E-state index in [1.165, 1.54) is 0 Å². The summed E-state index contributed by atoms with van der Waals surface area (Å²) >= 11 is 0. The van der Waals surface area contributed by atoms with Crippen LogP contribution in [0.4, 0.5) is 11.5 Å². The van der Waals surface area contributed by atoms with Crippen molar-refractivity contribution in [2.45, 2.75) is 6.92 Å². The summed E-state index contributed by atoms with van der Waals surface area (Å²) in [5.41, 5.74) is 4.17. The molecule has 1 aromatic heterocycles. The van der Waals surface area contributed by atoms with E-state index in [0.29, 0.717) is 11.6 Å². The molecule has 0 bridgehead atoms. The van der Waals surface area contributed by atoms with Crippen LogP contribution < -0.4 is 21.3 Å². The fraction of sp³-hybridized carbons (Fsp3) is 0.143. The van der Waals surface area contributed by atoms with Gasteiger partial charge in [-0.3, -0.25) is 4.79 Å². The van der Waals surface area contributed by atoms with Gasteiger partial charge in [0.1, 0.15) is 0 Å². The van der Waals surface area contributed by atoms with Crippen molar-refractivity contribution in [1.82, 2.24) is 4.98 Å². The van der Waals surface area contributed by atoms with Crippen molar-refractivity contribution in [1.29, 1.82) is 0 Å². The second kappa shape index (κ2) is 6.53. The molecule has 1 aromatic carbocycles. The van der Waals surface area contributed by atoms with Gasteiger partial charge >= 0.3 is 0 Å². The van der Waals surface area contributed by atoms with Gasteiger partial charge in [0.25, 0.3) is 5.91 Å². The highest BCUT2D eigenvalue weighted by Gasteiger charge is 2.08. The number of hydrogen-bond acceptors (Lipinski definition) is 5. The molecular formula is C14H16N4O2. The maximum Gasteiger partial charge on any atom is 0.262 e. The minimum absolute atomic E-state index is 0.116. The number of amides is 1. The van der Waals surface area contributed by atoms with E-state index in [-0.39, 0.29) is 12.5 Å². The number of nitrogens with two attached hydrogens (primary N) is 1. The Hall–Kier alpha value is -2.60. The van der Waals surface area contributed by atoms with Crippen LogP contribution in [0.3, 0.4) is 0 Å². The SMILES string of the molecule is Cc1ccccc1NC(=O)COc1cccnc1NN. The zero-order valence-corrected chi connectivity index (χ0v) is 11.1. The zero-order valence-electron chi connectivity index (χ0n) is 11.1. The number of nitrogen functional groups attached to an aromatic ring is 1. The quantitative estimate of drug-likeness (QED) is 0.569. The van der Waals surface area contributed by atoms with Crippen molar-refractivity contribution in [3.63, 3.8) is 0 Å². The summed E-state index contributed by atoms with van der Waals surface area (Å²) in [5, 5.41) is 2.78. The molecule has 6 heteroatoms. The van der Waals surface area contributed by atoms with Crippen LogP contribution in [0.25, 0.3) is 0 Å². The number of benzene rings is 1. The van der Waals surface area contributed by atoms with Crippen molar-refractivity contribution >= 4 is 17.4 Å². The predicted molar refractivity (Wildman–Crippen MR) is 77.4 cm³/mol. The molecular weight excluding hydrogens is 256 g/mol. The fourth-order valence-corrected chi connectivity index (χ4v) is 1.66. The van der Waals surface area contributed by atoms with Crippen LogP contribution in [0, 0.1) is 6.92 Å². The van der Waals surface area contributed by atoms with Crippen molar-refractivity contribution in [3.8, 4) is 5.75 Å². The molecule has 0 aliphatic heterocycles. The lowest BCUT2D eigenvalue weighted by Crippen LogP contribution is -2.21. The molecule has 4 N–H and O–H groups in total. The molecule has 0 spiro atoms. The molecule has 0 saturated heterocycles. The number of nitrogens with one attached hydrogen (secondary N) is 2. The number of ether oxygens (including phenoxy) is 1. The number of hydrazine groups is 1. The van der Waals surface area contributed by atoms with Crippen LogP contribution in [0.1, 0.15) is 5.56 Å². The topological polar surface area (TPSA) is 89.3 Å². The molecule has 0 aliphatic rings. The fourth-order valence-electron chi connectivity index (χ4n) is 1.66. The van der Waals surface area contributed by atoms with Gasteiger partial charge in [0.2, 0.25) is 0 Å². The first-order valence-corrected chi connectivity index (χ1v) is 6.10. The van der Waals surface area contributed by atoms with Gasteiger partial charge in [-0.2, -0.15) is 0 Å². The summed E-state index contributed by atoms with van der Waals surface area (Å²) in [5.74, 6) is 5.87. The van der Waals surface area contributed by atoms with Gasteiger partial charge in [-0.25, -0.2) is 10.8 Å². The van der Waals surface area contributed by atoms with E-state index in [0.717, 1.165) is 11.3 Å². The molecule has 20 heavy (non-hydrogen) atoms. The average Bonchev–Trinajstić information content (AvgIpc) is 2.48. The molecule has 2 aromatic rings. The predicted octanol–water partition coefficient (Wildman–Crippen LogP) is 1.69. The Balaban J connectivity index is 1.94. The van der Waals surface area contributed by atoms with Crippen LogP contribution in [0.15, 0.2) is 42.6 Å². The van der Waals surface area contributed by atoms with Crippen LogP contribution in [-0.4, -0.2) is 17.5 Å². The van der Waals surface area contributed by atoms with Gasteiger partial charge in [-0.15, -0.1) is 0 Å². The molecule has 0 aliphatic carbocycles. The number of nitrogens with zero attached hydrogens (tertiary/aromatic N) is 1. The maximum atomic E-state index is 11.8. The smallest absolute Gasteiger partial charge is 0.262 e. The van der Waals surface area contributed by atoms with E-state index < -0.39 is 0 Å². The second-order valence-electron chi connectivity index (χ2n) is 4.15. The number of hydrogen-bond donors (Lipinski definition) is 3. The van der Waals surface area contributed by atoms with Crippen LogP contribution >= 0.6 is 0 Å². The molecule has 0 atom stereocenters. The third-order valence-corrected chi connectivity index (χ3v) is 2.69. The van der Waals surface area contributed by atoms with Crippen molar-refractivity contribution in [2.24, 2.45) is 5.84 Å². The summed E-state index contributed by atoms with van der Waals surface area (Å²) in [7, 11) is 0. The summed E-state index contributed by atoms with van der Waals surface area (Å²) in [6.45, 7) is 1.81. The van der Waals surface area contributed by atoms with Gasteiger partial charge < -0.3 is 15.5 Å². The molecule has 104 valence electrons. The Kier molecular flexibility index (Phi) is 4.52. The van der Waals surface area contributed by atoms with Crippen molar-refractivity contribution in [2.75, 3.05) is 17.3 Å². The van der Waals surface area contributed by atoms with E-state index in [4.69, 9.17) is 10.6 Å². The van der Waals surface area contributed by atoms with E-state index >= 15 is 0 Å². The zero-order chi connectivity index (χ0) is 14.4. The monoisotopic (exact) mass is 272 g/mol. The van der Waals surface area contributed by atoms with E-state index in [9.17, 15) is 4.79 Å². The van der Waals surface area contributed by atoms with E-state index in [2.05, 4.69) is 15.7 Å². The highest BCUT2D eigenvalue weighted by Crippen LogP contribution is 2.19. The summed E-state index contributed by atoms with van der Waals surface area (Å²) in [6, 6.07) is 10.9. The lowest BCUT2D eigenvalue weighted by Gasteiger charge is -2.11. The first kappa shape index (κ1) is 13.8. The number of aromatic nitrogens is 1. The molecule has 0 radical (unpaired) electrons. The lowest BCUT2D eigenvalue weighted by atomic mass is 10.2. The first-order chi connectivity index (χ1) is 9.70. The highest BCUT2D eigenvalue weighted by atomic mass is 16.5. The Bertz CT molecular complexity index is 601. The minimum atomic E-state index is -0.244. The number of anilines is 2. The van der Waals surface area contributed by atoms with Crippen molar-refractivity contribution < 1.29 is 9.53 Å². The Labute approximate surface area is 116 Å². The maximum absolute atomic E-state index is 11.8. The van der Waals surface area contributed by atoms with Gasteiger partial charge in [0.15, 0.2) is 18.2 Å². The highest BCUT2D eigenvalue weighted by molar-refractivity contribution is 5.92. The molecule has 1 amide bonds. The number of carbonyl (C=O) groups is 1. The standard InChI is InChI=1S/C14H16N4O2/c1-10-5-2-3-6-11(10)17-13(19)9-20-12-7-4-8-16-14(12)18-15/h2-8H,9,15H2,1H3,(H,16,18)(H,17,19). The van der Waals surface area contributed by atoms with E-state index in [1.54, 1.807) is 18.3 Å². The summed E-state index contributed by atoms with van der Waals surface area (Å²) < 4.78 is 5.38. The minimum Gasteiger partial charge on any atom is -0.480 e. The third kappa shape index (κ3) is 3.46. The number of aryl methyl sites for hydroxylation is 1. The molecule has 0 saturated carbocycles. The van der Waals surface area contributed by atoms with Gasteiger partial charge in [-0.1, -0.05) is 18.2 Å². The van der Waals surface area contributed by atoms with Crippen LogP contribution in [0.2, 0.25) is 0 Å². The molecule has 0 fully saturated rings. The number of pyridine rings is 1. The van der Waals surface area contributed by atoms with Gasteiger partial charge in [0.05, 0.1) is 0 Å². The molecule has 1 heterocycles. The third-order valence-electron chi connectivity index (χ3n) is 2.69. The molecule has 2 rings (SSSR count). The number of rotatable bonds is 5. The van der Waals surface area contributed by atoms with Crippen LogP contribution in [0.5, 0.6) is 5.75 Å². The Morgan fingerprint density at radius 2 is 2.10 bits per heavy atom. The van der Waals surface area contributed by atoms with E-state index in [1.807, 2.05) is 31.2 Å². The average molecular weight is 272 g/mol. The second-order valence-corrected chi connectivity index (χ2v) is 4.15. The largest absolute Gasteiger partial charge is 0.480 e. The molecule has 6 nitrogen and oxygen atoms in total. The number of carbonyl (C=O) groups excluding carboxylic acids is 1. The first-order valence-electron chi connectivity index (χ1n) is 6.10. The summed E-state index contributed by atoms with van der Waals surface area (Å²) in [6.07, 6.45) is 1.58. The van der Waals surface area contributed by atoms with Gasteiger partial charge in [0, 0.05) is 11.9 Å². The van der Waals surface area contributed by atoms with Crippen molar-refractivity contribution in [3.05, 3.63) is 48.2 Å². The normalized spacial score (nSPS) is 9.90. The van der Waals surface area contributed by atoms with Gasteiger partial charge in [-0.05, 0) is 30.7 Å². The Morgan fingerprint density at radius 3 is 2.85 bits per heavy atom.